The Morgan fingerprint density at radius 1 is 1.12 bits per heavy atom. The zero-order chi connectivity index (χ0) is 18.5. The Hall–Kier alpha value is -2.40. The molecule has 0 bridgehead atoms. The second kappa shape index (κ2) is 8.32. The number of hydrogen-bond acceptors (Lipinski definition) is 4. The predicted molar refractivity (Wildman–Crippen MR) is 109 cm³/mol. The van der Waals surface area contributed by atoms with Gasteiger partial charge in [0.1, 0.15) is 5.75 Å². The molecular weight excluding hydrogens is 344 g/mol. The van der Waals surface area contributed by atoms with E-state index in [1.807, 2.05) is 12.1 Å². The average molecular weight is 369 g/mol. The van der Waals surface area contributed by atoms with Gasteiger partial charge in [-0.05, 0) is 67.8 Å². The minimum Gasteiger partial charge on any atom is -0.494 e. The van der Waals surface area contributed by atoms with Crippen LogP contribution in [0.4, 0.5) is 5.13 Å². The molecule has 1 heterocycles. The van der Waals surface area contributed by atoms with Gasteiger partial charge in [0.05, 0.1) is 16.8 Å². The van der Waals surface area contributed by atoms with Crippen molar-refractivity contribution < 1.29 is 9.53 Å². The molecule has 0 saturated heterocycles. The summed E-state index contributed by atoms with van der Waals surface area (Å²) >= 11 is 1.49. The second-order valence-corrected chi connectivity index (χ2v) is 7.49. The highest BCUT2D eigenvalue weighted by molar-refractivity contribution is 7.22. The average Bonchev–Trinajstić information content (AvgIpc) is 3.00. The molecule has 5 heteroatoms. The molecule has 0 fully saturated rings. The van der Waals surface area contributed by atoms with E-state index in [2.05, 4.69) is 43.2 Å². The topological polar surface area (TPSA) is 51.2 Å². The lowest BCUT2D eigenvalue weighted by Crippen LogP contribution is -2.11. The van der Waals surface area contributed by atoms with E-state index in [-0.39, 0.29) is 5.91 Å². The van der Waals surface area contributed by atoms with Crippen molar-refractivity contribution in [3.05, 3.63) is 53.1 Å². The number of thiazole rings is 1. The first-order chi connectivity index (χ1) is 12.6. The van der Waals surface area contributed by atoms with Crippen LogP contribution < -0.4 is 10.1 Å². The van der Waals surface area contributed by atoms with E-state index in [4.69, 9.17) is 4.74 Å². The van der Waals surface area contributed by atoms with Crippen molar-refractivity contribution in [1.82, 2.24) is 4.98 Å². The maximum Gasteiger partial charge on any atom is 0.257 e. The highest BCUT2D eigenvalue weighted by atomic mass is 32.1. The molecule has 2 aromatic carbocycles. The molecule has 0 atom stereocenters. The molecule has 1 amide bonds. The SMILES string of the molecule is CCCCCOc1ccc(C(=O)Nc2nc3cc(C)c(C)cc3s2)cc1. The van der Waals surface area contributed by atoms with Crippen LogP contribution >= 0.6 is 11.3 Å². The van der Waals surface area contributed by atoms with Gasteiger partial charge < -0.3 is 4.74 Å². The summed E-state index contributed by atoms with van der Waals surface area (Å²) < 4.78 is 6.76. The number of aryl methyl sites for hydroxylation is 2. The monoisotopic (exact) mass is 368 g/mol. The highest BCUT2D eigenvalue weighted by Crippen LogP contribution is 2.28. The van der Waals surface area contributed by atoms with Gasteiger partial charge in [-0.25, -0.2) is 4.98 Å². The fraction of sp³-hybridized carbons (Fsp3) is 0.333. The number of ether oxygens (including phenoxy) is 1. The van der Waals surface area contributed by atoms with E-state index < -0.39 is 0 Å². The number of rotatable bonds is 7. The molecule has 4 nitrogen and oxygen atoms in total. The Labute approximate surface area is 158 Å². The standard InChI is InChI=1S/C21H24N2O2S/c1-4-5-6-11-25-17-9-7-16(8-10-17)20(24)23-21-22-18-12-14(2)15(3)13-19(18)26-21/h7-10,12-13H,4-6,11H2,1-3H3,(H,22,23,24). The maximum absolute atomic E-state index is 12.5. The van der Waals surface area contributed by atoms with Crippen LogP contribution in [0.3, 0.4) is 0 Å². The molecule has 0 aliphatic carbocycles. The van der Waals surface area contributed by atoms with Crippen LogP contribution in [0.25, 0.3) is 10.2 Å². The molecule has 136 valence electrons. The summed E-state index contributed by atoms with van der Waals surface area (Å²) in [6, 6.07) is 11.4. The van der Waals surface area contributed by atoms with Gasteiger partial charge in [0.2, 0.25) is 0 Å². The van der Waals surface area contributed by atoms with Gasteiger partial charge in [-0.2, -0.15) is 0 Å². The number of unbranched alkanes of at least 4 members (excludes halogenated alkanes) is 2. The van der Waals surface area contributed by atoms with Crippen LogP contribution in [0.1, 0.15) is 47.7 Å². The fourth-order valence-electron chi connectivity index (χ4n) is 2.65. The van der Waals surface area contributed by atoms with E-state index in [1.165, 1.54) is 35.3 Å². The van der Waals surface area contributed by atoms with Gasteiger partial charge in [-0.15, -0.1) is 0 Å². The second-order valence-electron chi connectivity index (χ2n) is 6.46. The van der Waals surface area contributed by atoms with Crippen LogP contribution in [0, 0.1) is 13.8 Å². The van der Waals surface area contributed by atoms with Gasteiger partial charge >= 0.3 is 0 Å². The Balaban J connectivity index is 1.64. The summed E-state index contributed by atoms with van der Waals surface area (Å²) in [6.07, 6.45) is 3.39. The molecule has 1 N–H and O–H groups in total. The van der Waals surface area contributed by atoms with Gasteiger partial charge in [0.15, 0.2) is 5.13 Å². The van der Waals surface area contributed by atoms with E-state index in [0.29, 0.717) is 17.3 Å². The van der Waals surface area contributed by atoms with E-state index in [9.17, 15) is 4.79 Å². The molecule has 0 saturated carbocycles. The van der Waals surface area contributed by atoms with Crippen molar-refractivity contribution in [3.63, 3.8) is 0 Å². The van der Waals surface area contributed by atoms with Crippen LogP contribution in [0.5, 0.6) is 5.75 Å². The predicted octanol–water partition coefficient (Wildman–Crippen LogP) is 5.73. The number of carbonyl (C=O) groups is 1. The summed E-state index contributed by atoms with van der Waals surface area (Å²) in [7, 11) is 0. The summed E-state index contributed by atoms with van der Waals surface area (Å²) in [5.74, 6) is 0.638. The number of fused-ring (bicyclic) bond motifs is 1. The number of hydrogen-bond donors (Lipinski definition) is 1. The number of carbonyl (C=O) groups excluding carboxylic acids is 1. The van der Waals surface area contributed by atoms with Crippen molar-refractivity contribution in [2.45, 2.75) is 40.0 Å². The van der Waals surface area contributed by atoms with Gasteiger partial charge in [-0.3, -0.25) is 10.1 Å². The Morgan fingerprint density at radius 2 is 1.85 bits per heavy atom. The molecule has 3 rings (SSSR count). The number of nitrogens with one attached hydrogen (secondary N) is 1. The van der Waals surface area contributed by atoms with Crippen molar-refractivity contribution >= 4 is 32.6 Å². The number of benzene rings is 2. The number of anilines is 1. The summed E-state index contributed by atoms with van der Waals surface area (Å²) in [6.45, 7) is 7.03. The lowest BCUT2D eigenvalue weighted by molar-refractivity contribution is 0.102. The van der Waals surface area contributed by atoms with Crippen molar-refractivity contribution in [1.29, 1.82) is 0 Å². The molecule has 3 aromatic rings. The maximum atomic E-state index is 12.5. The third-order valence-electron chi connectivity index (χ3n) is 4.36. The first-order valence-electron chi connectivity index (χ1n) is 8.99. The zero-order valence-corrected chi connectivity index (χ0v) is 16.3. The van der Waals surface area contributed by atoms with Crippen LogP contribution in [-0.2, 0) is 0 Å². The normalized spacial score (nSPS) is 10.9. The van der Waals surface area contributed by atoms with E-state index in [0.717, 1.165) is 22.4 Å². The van der Waals surface area contributed by atoms with Gasteiger partial charge in [-0.1, -0.05) is 31.1 Å². The number of nitrogens with zero attached hydrogens (tertiary/aromatic N) is 1. The first-order valence-corrected chi connectivity index (χ1v) is 9.80. The lowest BCUT2D eigenvalue weighted by Gasteiger charge is -2.06. The van der Waals surface area contributed by atoms with Crippen LogP contribution in [0.15, 0.2) is 36.4 Å². The molecular formula is C21H24N2O2S. The Bertz CT molecular complexity index is 861. The third kappa shape index (κ3) is 4.41. The quantitative estimate of drug-likeness (QED) is 0.541. The molecule has 1 aromatic heterocycles. The third-order valence-corrected chi connectivity index (χ3v) is 5.29. The minimum absolute atomic E-state index is 0.157. The Morgan fingerprint density at radius 3 is 2.58 bits per heavy atom. The molecule has 0 aliphatic heterocycles. The van der Waals surface area contributed by atoms with Crippen molar-refractivity contribution in [3.8, 4) is 5.75 Å². The van der Waals surface area contributed by atoms with Crippen LogP contribution in [-0.4, -0.2) is 17.5 Å². The zero-order valence-electron chi connectivity index (χ0n) is 15.5. The van der Waals surface area contributed by atoms with Gasteiger partial charge in [0, 0.05) is 5.56 Å². The highest BCUT2D eigenvalue weighted by Gasteiger charge is 2.11. The lowest BCUT2D eigenvalue weighted by atomic mass is 10.1. The fourth-order valence-corrected chi connectivity index (χ4v) is 3.59. The molecule has 26 heavy (non-hydrogen) atoms. The van der Waals surface area contributed by atoms with Crippen molar-refractivity contribution in [2.24, 2.45) is 0 Å². The van der Waals surface area contributed by atoms with Crippen LogP contribution in [0.2, 0.25) is 0 Å². The summed E-state index contributed by atoms with van der Waals surface area (Å²) in [4.78, 5) is 17.0. The number of amides is 1. The smallest absolute Gasteiger partial charge is 0.257 e. The largest absolute Gasteiger partial charge is 0.494 e. The molecule has 0 unspecified atom stereocenters. The van der Waals surface area contributed by atoms with E-state index in [1.54, 1.807) is 12.1 Å². The number of aromatic nitrogens is 1. The summed E-state index contributed by atoms with van der Waals surface area (Å²) in [5.41, 5.74) is 3.95. The van der Waals surface area contributed by atoms with Crippen molar-refractivity contribution in [2.75, 3.05) is 11.9 Å². The molecule has 0 spiro atoms. The van der Waals surface area contributed by atoms with Gasteiger partial charge in [0.25, 0.3) is 5.91 Å². The van der Waals surface area contributed by atoms with E-state index >= 15 is 0 Å². The first kappa shape index (κ1) is 18.4. The minimum atomic E-state index is -0.157. The molecule has 0 aliphatic rings. The Kier molecular flexibility index (Phi) is 5.89. The molecule has 0 radical (unpaired) electrons. The summed E-state index contributed by atoms with van der Waals surface area (Å²) in [5, 5.41) is 3.51.